The summed E-state index contributed by atoms with van der Waals surface area (Å²) in [7, 11) is 0. The Bertz CT molecular complexity index is 948. The highest BCUT2D eigenvalue weighted by atomic mass is 32.1. The highest BCUT2D eigenvalue weighted by molar-refractivity contribution is 7.71. The Balaban J connectivity index is -0.000000185. The zero-order valence-electron chi connectivity index (χ0n) is 23.6. The third kappa shape index (κ3) is 16.8. The van der Waals surface area contributed by atoms with E-state index in [-0.39, 0.29) is 5.63 Å². The van der Waals surface area contributed by atoms with Gasteiger partial charge >= 0.3 is 5.63 Å². The minimum atomic E-state index is -0.302. The van der Waals surface area contributed by atoms with E-state index in [1.807, 2.05) is 132 Å². The number of benzene rings is 2. The van der Waals surface area contributed by atoms with Crippen LogP contribution in [-0.2, 0) is 0 Å². The summed E-state index contributed by atoms with van der Waals surface area (Å²) in [6, 6.07) is 22.1. The number of rotatable bonds is 0. The predicted molar refractivity (Wildman–Crippen MR) is 158 cm³/mol. The van der Waals surface area contributed by atoms with E-state index in [1.54, 1.807) is 18.2 Å². The van der Waals surface area contributed by atoms with Crippen LogP contribution in [0.2, 0.25) is 0 Å². The molecular formula is C30H48O3S. The van der Waals surface area contributed by atoms with E-state index in [0.29, 0.717) is 10.3 Å². The lowest BCUT2D eigenvalue weighted by atomic mass is 10.2. The van der Waals surface area contributed by atoms with Gasteiger partial charge in [0, 0.05) is 16.8 Å². The van der Waals surface area contributed by atoms with Crippen LogP contribution in [0.25, 0.3) is 21.9 Å². The van der Waals surface area contributed by atoms with Crippen LogP contribution in [0.1, 0.15) is 83.1 Å². The molecule has 0 saturated heterocycles. The molecule has 4 rings (SSSR count). The summed E-state index contributed by atoms with van der Waals surface area (Å²) in [4.78, 5) is 10.7. The first-order valence-electron chi connectivity index (χ1n) is 12.7. The predicted octanol–water partition coefficient (Wildman–Crippen LogP) is 11.1. The Morgan fingerprint density at radius 1 is 0.471 bits per heavy atom. The second-order valence-electron chi connectivity index (χ2n) is 4.58. The standard InChI is InChI=1S/C9H6O2.C9H6OS.6C2H6/c10-9-6-5-7-3-1-2-4-8(7)11-9;11-9-6-5-7-3-1-2-4-8(7)10-9;6*1-2/h2*1-6H;6*1-2H3. The van der Waals surface area contributed by atoms with Crippen molar-refractivity contribution in [1.82, 2.24) is 0 Å². The van der Waals surface area contributed by atoms with Crippen molar-refractivity contribution in [1.29, 1.82) is 0 Å². The Hall–Kier alpha value is -2.72. The van der Waals surface area contributed by atoms with Crippen LogP contribution in [-0.4, -0.2) is 0 Å². The van der Waals surface area contributed by atoms with Crippen molar-refractivity contribution in [2.45, 2.75) is 83.1 Å². The first-order valence-corrected chi connectivity index (χ1v) is 13.1. The molecule has 2 aromatic carbocycles. The van der Waals surface area contributed by atoms with E-state index in [2.05, 4.69) is 0 Å². The van der Waals surface area contributed by atoms with Crippen molar-refractivity contribution in [2.24, 2.45) is 0 Å². The monoisotopic (exact) mass is 488 g/mol. The molecule has 0 aliphatic rings. The second-order valence-corrected chi connectivity index (χ2v) is 4.99. The van der Waals surface area contributed by atoms with E-state index < -0.39 is 0 Å². The highest BCUT2D eigenvalue weighted by Gasteiger charge is 1.92. The lowest BCUT2D eigenvalue weighted by Gasteiger charge is -1.92. The maximum atomic E-state index is 10.7. The molecular weight excluding hydrogens is 440 g/mol. The Labute approximate surface area is 213 Å². The topological polar surface area (TPSA) is 43.4 Å². The molecule has 0 bridgehead atoms. The first-order chi connectivity index (χ1) is 16.7. The molecule has 0 aliphatic carbocycles. The average molecular weight is 489 g/mol. The van der Waals surface area contributed by atoms with Crippen LogP contribution >= 0.6 is 12.2 Å². The normalized spacial score (nSPS) is 7.65. The summed E-state index contributed by atoms with van der Waals surface area (Å²) >= 11 is 4.87. The van der Waals surface area contributed by atoms with Gasteiger partial charge in [0.1, 0.15) is 11.2 Å². The van der Waals surface area contributed by atoms with E-state index in [4.69, 9.17) is 21.1 Å². The molecule has 0 atom stereocenters. The van der Waals surface area contributed by atoms with Gasteiger partial charge in [0.25, 0.3) is 0 Å². The summed E-state index contributed by atoms with van der Waals surface area (Å²) < 4.78 is 10.7. The smallest absolute Gasteiger partial charge is 0.336 e. The number of hydrogen-bond donors (Lipinski definition) is 0. The minimum absolute atomic E-state index is 0.302. The van der Waals surface area contributed by atoms with Gasteiger partial charge < -0.3 is 8.83 Å². The SMILES string of the molecule is CC.CC.CC.CC.CC.CC.O=c1ccc2ccccc2o1.S=c1ccc2ccccc2o1. The average Bonchev–Trinajstić information content (AvgIpc) is 2.95. The van der Waals surface area contributed by atoms with Gasteiger partial charge in [-0.15, -0.1) is 0 Å². The van der Waals surface area contributed by atoms with Crippen LogP contribution in [0.5, 0.6) is 0 Å². The van der Waals surface area contributed by atoms with Gasteiger partial charge in [-0.2, -0.15) is 0 Å². The molecule has 4 aromatic rings. The van der Waals surface area contributed by atoms with Crippen molar-refractivity contribution < 1.29 is 8.83 Å². The quantitative estimate of drug-likeness (QED) is 0.182. The van der Waals surface area contributed by atoms with Crippen molar-refractivity contribution in [3.63, 3.8) is 0 Å². The van der Waals surface area contributed by atoms with E-state index in [0.717, 1.165) is 16.4 Å². The molecule has 0 radical (unpaired) electrons. The third-order valence-corrected chi connectivity index (χ3v) is 3.28. The van der Waals surface area contributed by atoms with Crippen LogP contribution in [0.4, 0.5) is 0 Å². The van der Waals surface area contributed by atoms with Gasteiger partial charge in [0.05, 0.1) is 0 Å². The van der Waals surface area contributed by atoms with E-state index in [9.17, 15) is 4.79 Å². The van der Waals surface area contributed by atoms with E-state index in [1.165, 1.54) is 6.07 Å². The van der Waals surface area contributed by atoms with Gasteiger partial charge in [-0.3, -0.25) is 0 Å². The summed E-state index contributed by atoms with van der Waals surface area (Å²) in [6.45, 7) is 24.0. The Morgan fingerprint density at radius 3 is 1.26 bits per heavy atom. The number of fused-ring (bicyclic) bond motifs is 2. The maximum absolute atomic E-state index is 10.7. The molecule has 34 heavy (non-hydrogen) atoms. The fourth-order valence-electron chi connectivity index (χ4n) is 2.02. The fourth-order valence-corrected chi connectivity index (χ4v) is 2.18. The Morgan fingerprint density at radius 2 is 0.824 bits per heavy atom. The summed E-state index contributed by atoms with van der Waals surface area (Å²) in [5.74, 6) is 0. The van der Waals surface area contributed by atoms with Crippen molar-refractivity contribution in [3.8, 4) is 0 Å². The molecule has 0 amide bonds. The zero-order valence-corrected chi connectivity index (χ0v) is 24.4. The van der Waals surface area contributed by atoms with Gasteiger partial charge in [-0.05, 0) is 42.5 Å². The van der Waals surface area contributed by atoms with Gasteiger partial charge in [0.15, 0.2) is 4.71 Å². The van der Waals surface area contributed by atoms with Crippen LogP contribution in [0.3, 0.4) is 0 Å². The molecule has 2 aromatic heterocycles. The molecule has 3 nitrogen and oxygen atoms in total. The van der Waals surface area contributed by atoms with Crippen molar-refractivity contribution in [3.05, 3.63) is 87.9 Å². The third-order valence-electron chi connectivity index (χ3n) is 3.06. The minimum Gasteiger partial charge on any atom is -0.445 e. The van der Waals surface area contributed by atoms with E-state index >= 15 is 0 Å². The van der Waals surface area contributed by atoms with Crippen LogP contribution < -0.4 is 5.63 Å². The molecule has 4 heteroatoms. The lowest BCUT2D eigenvalue weighted by Crippen LogP contribution is -1.93. The zero-order chi connectivity index (χ0) is 27.4. The molecule has 0 unspecified atom stereocenters. The number of para-hydroxylation sites is 2. The molecule has 2 heterocycles. The molecule has 0 fully saturated rings. The molecule has 0 N–H and O–H groups in total. The van der Waals surface area contributed by atoms with Crippen molar-refractivity contribution >= 4 is 34.2 Å². The van der Waals surface area contributed by atoms with Crippen LogP contribution in [0, 0.1) is 4.71 Å². The number of hydrogen-bond acceptors (Lipinski definition) is 4. The summed E-state index contributed by atoms with van der Waals surface area (Å²) in [5.41, 5.74) is 1.18. The second kappa shape index (κ2) is 30.3. The molecule has 0 spiro atoms. The molecule has 0 saturated carbocycles. The first kappa shape index (κ1) is 38.5. The van der Waals surface area contributed by atoms with Crippen molar-refractivity contribution in [2.75, 3.05) is 0 Å². The van der Waals surface area contributed by atoms with Crippen LogP contribution in [0.15, 0.2) is 86.4 Å². The fraction of sp³-hybridized carbons (Fsp3) is 0.400. The molecule has 0 aliphatic heterocycles. The lowest BCUT2D eigenvalue weighted by molar-refractivity contribution is 0.561. The van der Waals surface area contributed by atoms with Gasteiger partial charge in [0.2, 0.25) is 0 Å². The van der Waals surface area contributed by atoms with Gasteiger partial charge in [-0.25, -0.2) is 4.79 Å². The highest BCUT2D eigenvalue weighted by Crippen LogP contribution is 2.12. The summed E-state index contributed by atoms with van der Waals surface area (Å²) in [5, 5.41) is 2.04. The maximum Gasteiger partial charge on any atom is 0.336 e. The molecule has 192 valence electrons. The summed E-state index contributed by atoms with van der Waals surface area (Å²) in [6.07, 6.45) is 0. The largest absolute Gasteiger partial charge is 0.445 e. The van der Waals surface area contributed by atoms with Gasteiger partial charge in [-0.1, -0.05) is 119 Å². The Kier molecular flexibility index (Phi) is 34.3.